The highest BCUT2D eigenvalue weighted by molar-refractivity contribution is 9.09. The molecule has 1 aliphatic heterocycles. The van der Waals surface area contributed by atoms with Gasteiger partial charge in [0.25, 0.3) is 5.69 Å². The Kier molecular flexibility index (Phi) is 9.55. The standard InChI is InChI=1S/C24H28BrClN4O4S/c1-3-9-28(10-8-25)24-20(4-2)16-22(30(31)32)17-23(24)35(33,34)29-13-11-27(12-14-29)18-19-6-5-7-21(26)15-19/h2,5-7,15-17H,3,8-14,18H2,1H3. The quantitative estimate of drug-likeness (QED) is 0.179. The third-order valence-corrected chi connectivity index (χ3v) is 8.34. The van der Waals surface area contributed by atoms with E-state index in [1.165, 1.54) is 10.4 Å². The van der Waals surface area contributed by atoms with Gasteiger partial charge in [0, 0.05) is 68.3 Å². The van der Waals surface area contributed by atoms with Crippen molar-refractivity contribution >= 4 is 48.9 Å². The number of non-ortho nitro benzene ring substituents is 1. The maximum Gasteiger partial charge on any atom is 0.272 e. The minimum absolute atomic E-state index is 0.114. The molecule has 0 unspecified atom stereocenters. The molecule has 1 aliphatic rings. The first-order valence-corrected chi connectivity index (χ1v) is 14.2. The van der Waals surface area contributed by atoms with Crippen LogP contribution in [0.25, 0.3) is 0 Å². The summed E-state index contributed by atoms with van der Waals surface area (Å²) in [6, 6.07) is 9.99. The molecule has 35 heavy (non-hydrogen) atoms. The molecule has 2 aromatic carbocycles. The van der Waals surface area contributed by atoms with E-state index in [0.717, 1.165) is 18.1 Å². The molecule has 3 rings (SSSR count). The second-order valence-electron chi connectivity index (χ2n) is 8.23. The lowest BCUT2D eigenvalue weighted by Gasteiger charge is -2.35. The number of anilines is 1. The lowest BCUT2D eigenvalue weighted by Crippen LogP contribution is -2.48. The number of hydrogen-bond donors (Lipinski definition) is 0. The number of terminal acetylenes is 1. The van der Waals surface area contributed by atoms with E-state index in [0.29, 0.717) is 48.8 Å². The molecule has 0 radical (unpaired) electrons. The van der Waals surface area contributed by atoms with Crippen LogP contribution < -0.4 is 4.90 Å². The van der Waals surface area contributed by atoms with Crippen LogP contribution in [0, 0.1) is 22.5 Å². The number of sulfonamides is 1. The molecule has 0 aromatic heterocycles. The van der Waals surface area contributed by atoms with Gasteiger partial charge in [-0.2, -0.15) is 4.31 Å². The minimum Gasteiger partial charge on any atom is -0.369 e. The van der Waals surface area contributed by atoms with E-state index in [1.54, 1.807) is 0 Å². The van der Waals surface area contributed by atoms with Crippen molar-refractivity contribution in [2.75, 3.05) is 49.5 Å². The van der Waals surface area contributed by atoms with Crippen molar-refractivity contribution < 1.29 is 13.3 Å². The van der Waals surface area contributed by atoms with Crippen LogP contribution in [0.4, 0.5) is 11.4 Å². The van der Waals surface area contributed by atoms with E-state index < -0.39 is 14.9 Å². The highest BCUT2D eigenvalue weighted by Crippen LogP contribution is 2.36. The molecule has 0 saturated carbocycles. The van der Waals surface area contributed by atoms with Gasteiger partial charge in [-0.3, -0.25) is 15.0 Å². The zero-order valence-electron chi connectivity index (χ0n) is 19.5. The average Bonchev–Trinajstić information content (AvgIpc) is 2.83. The third-order valence-electron chi connectivity index (χ3n) is 5.83. The Morgan fingerprint density at radius 1 is 1.20 bits per heavy atom. The first-order chi connectivity index (χ1) is 16.7. The number of benzene rings is 2. The van der Waals surface area contributed by atoms with Crippen LogP contribution in [-0.2, 0) is 16.6 Å². The van der Waals surface area contributed by atoms with E-state index in [1.807, 2.05) is 36.1 Å². The largest absolute Gasteiger partial charge is 0.369 e. The van der Waals surface area contributed by atoms with Gasteiger partial charge in [-0.25, -0.2) is 8.42 Å². The summed E-state index contributed by atoms with van der Waals surface area (Å²) in [5.74, 6) is 2.48. The number of nitro groups is 1. The van der Waals surface area contributed by atoms with Gasteiger partial charge in [-0.05, 0) is 24.1 Å². The van der Waals surface area contributed by atoms with E-state index in [2.05, 4.69) is 26.8 Å². The summed E-state index contributed by atoms with van der Waals surface area (Å²) in [5.41, 5.74) is 1.26. The van der Waals surface area contributed by atoms with Crippen molar-refractivity contribution in [3.8, 4) is 12.3 Å². The second kappa shape index (κ2) is 12.2. The van der Waals surface area contributed by atoms with E-state index in [9.17, 15) is 18.5 Å². The minimum atomic E-state index is -4.04. The summed E-state index contributed by atoms with van der Waals surface area (Å²) in [7, 11) is -4.04. The summed E-state index contributed by atoms with van der Waals surface area (Å²) >= 11 is 9.50. The summed E-state index contributed by atoms with van der Waals surface area (Å²) in [5, 5.41) is 12.8. The first-order valence-electron chi connectivity index (χ1n) is 11.3. The number of piperazine rings is 1. The maximum atomic E-state index is 13.8. The summed E-state index contributed by atoms with van der Waals surface area (Å²) in [6.07, 6.45) is 6.47. The Hall–Kier alpha value is -2.16. The van der Waals surface area contributed by atoms with Gasteiger partial charge in [0.1, 0.15) is 4.90 Å². The van der Waals surface area contributed by atoms with Crippen LogP contribution in [0.1, 0.15) is 24.5 Å². The average molecular weight is 584 g/mol. The van der Waals surface area contributed by atoms with Crippen molar-refractivity contribution in [3.05, 3.63) is 62.7 Å². The van der Waals surface area contributed by atoms with Crippen molar-refractivity contribution in [2.24, 2.45) is 0 Å². The van der Waals surface area contributed by atoms with Crippen molar-refractivity contribution in [2.45, 2.75) is 24.8 Å². The van der Waals surface area contributed by atoms with E-state index in [4.69, 9.17) is 18.0 Å². The third kappa shape index (κ3) is 6.54. The van der Waals surface area contributed by atoms with Gasteiger partial charge in [-0.1, -0.05) is 52.5 Å². The van der Waals surface area contributed by atoms with Crippen LogP contribution in [0.5, 0.6) is 0 Å². The Labute approximate surface area is 220 Å². The van der Waals surface area contributed by atoms with Crippen LogP contribution in [-0.4, -0.2) is 67.1 Å². The molecule has 8 nitrogen and oxygen atoms in total. The van der Waals surface area contributed by atoms with E-state index >= 15 is 0 Å². The predicted molar refractivity (Wildman–Crippen MR) is 143 cm³/mol. The molecular weight excluding hydrogens is 556 g/mol. The molecule has 1 heterocycles. The molecule has 0 spiro atoms. The number of nitrogens with zero attached hydrogens (tertiary/aromatic N) is 4. The monoisotopic (exact) mass is 582 g/mol. The van der Waals surface area contributed by atoms with Crippen LogP contribution in [0.3, 0.4) is 0 Å². The van der Waals surface area contributed by atoms with Gasteiger partial charge in [0.2, 0.25) is 10.0 Å². The fourth-order valence-corrected chi connectivity index (χ4v) is 6.52. The SMILES string of the molecule is C#Cc1cc([N+](=O)[O-])cc(S(=O)(=O)N2CCN(Cc3cccc(Cl)c3)CC2)c1N(CCC)CCBr. The molecule has 2 aromatic rings. The predicted octanol–water partition coefficient (Wildman–Crippen LogP) is 4.35. The number of rotatable bonds is 10. The molecule has 0 N–H and O–H groups in total. The number of hydrogen-bond acceptors (Lipinski definition) is 6. The summed E-state index contributed by atoms with van der Waals surface area (Å²) in [4.78, 5) is 14.9. The van der Waals surface area contributed by atoms with Gasteiger partial charge >= 0.3 is 0 Å². The van der Waals surface area contributed by atoms with Gasteiger partial charge in [0.05, 0.1) is 16.2 Å². The summed E-state index contributed by atoms with van der Waals surface area (Å²) < 4.78 is 29.1. The first kappa shape index (κ1) is 27.4. The summed E-state index contributed by atoms with van der Waals surface area (Å²) in [6.45, 7) is 5.30. The fourth-order valence-electron chi connectivity index (χ4n) is 4.20. The smallest absolute Gasteiger partial charge is 0.272 e. The Bertz CT molecular complexity index is 1200. The van der Waals surface area contributed by atoms with Crippen LogP contribution in [0.15, 0.2) is 41.3 Å². The molecule has 0 atom stereocenters. The Morgan fingerprint density at radius 3 is 2.49 bits per heavy atom. The Balaban J connectivity index is 1.94. The van der Waals surface area contributed by atoms with Crippen LogP contribution >= 0.6 is 27.5 Å². The van der Waals surface area contributed by atoms with Gasteiger partial charge in [-0.15, -0.1) is 6.42 Å². The Morgan fingerprint density at radius 2 is 1.91 bits per heavy atom. The molecule has 1 fully saturated rings. The number of alkyl halides is 1. The number of nitro benzene ring substituents is 1. The topological polar surface area (TPSA) is 87.0 Å². The van der Waals surface area contributed by atoms with Crippen molar-refractivity contribution in [1.82, 2.24) is 9.21 Å². The highest BCUT2D eigenvalue weighted by Gasteiger charge is 2.34. The molecule has 188 valence electrons. The van der Waals surface area contributed by atoms with Crippen molar-refractivity contribution in [1.29, 1.82) is 0 Å². The van der Waals surface area contributed by atoms with Gasteiger partial charge < -0.3 is 4.90 Å². The molecular formula is C24H28BrClN4O4S. The normalized spacial score (nSPS) is 15.0. The zero-order chi connectivity index (χ0) is 25.6. The molecule has 1 saturated heterocycles. The van der Waals surface area contributed by atoms with Crippen molar-refractivity contribution in [3.63, 3.8) is 0 Å². The van der Waals surface area contributed by atoms with Crippen LogP contribution in [0.2, 0.25) is 5.02 Å². The molecule has 11 heteroatoms. The number of halogens is 2. The van der Waals surface area contributed by atoms with Gasteiger partial charge in [0.15, 0.2) is 0 Å². The molecule has 0 amide bonds. The zero-order valence-corrected chi connectivity index (χ0v) is 22.6. The molecule has 0 bridgehead atoms. The highest BCUT2D eigenvalue weighted by atomic mass is 79.9. The molecule has 0 aliphatic carbocycles. The lowest BCUT2D eigenvalue weighted by atomic mass is 10.1. The second-order valence-corrected chi connectivity index (χ2v) is 11.4. The fraction of sp³-hybridized carbons (Fsp3) is 0.417. The maximum absolute atomic E-state index is 13.8. The van der Waals surface area contributed by atoms with E-state index in [-0.39, 0.29) is 29.2 Å². The lowest BCUT2D eigenvalue weighted by molar-refractivity contribution is -0.385.